The van der Waals surface area contributed by atoms with E-state index in [4.69, 9.17) is 0 Å². The van der Waals surface area contributed by atoms with Crippen molar-refractivity contribution in [3.05, 3.63) is 18.2 Å². The first-order valence-corrected chi connectivity index (χ1v) is 7.83. The Morgan fingerprint density at radius 1 is 0.944 bits per heavy atom. The van der Waals surface area contributed by atoms with Gasteiger partial charge in [-0.3, -0.25) is 0 Å². The smallest absolute Gasteiger partial charge is 0.237 e. The molecule has 0 fully saturated rings. The van der Waals surface area contributed by atoms with Gasteiger partial charge in [-0.2, -0.15) is 0 Å². The average molecular weight is 251 g/mol. The molecule has 0 aliphatic rings. The summed E-state index contributed by atoms with van der Waals surface area (Å²) in [5.74, 6) is 1.44. The summed E-state index contributed by atoms with van der Waals surface area (Å²) in [5.41, 5.74) is 0. The fourth-order valence-electron chi connectivity index (χ4n) is 2.63. The fourth-order valence-corrected chi connectivity index (χ4v) is 2.63. The zero-order valence-electron chi connectivity index (χ0n) is 12.6. The number of imidazole rings is 1. The Morgan fingerprint density at radius 3 is 2.17 bits per heavy atom. The van der Waals surface area contributed by atoms with Gasteiger partial charge in [0.15, 0.2) is 0 Å². The highest BCUT2D eigenvalue weighted by atomic mass is 15.1. The molecular formula is C16H31N2+. The van der Waals surface area contributed by atoms with Crippen LogP contribution in [-0.2, 0) is 20.0 Å². The van der Waals surface area contributed by atoms with Gasteiger partial charge in [-0.1, -0.05) is 52.4 Å². The summed E-state index contributed by atoms with van der Waals surface area (Å²) < 4.78 is 4.65. The fraction of sp³-hybridized carbons (Fsp3) is 0.812. The highest BCUT2D eigenvalue weighted by Crippen LogP contribution is 2.08. The van der Waals surface area contributed by atoms with Crippen molar-refractivity contribution in [1.29, 1.82) is 0 Å². The van der Waals surface area contributed by atoms with E-state index in [1.54, 1.807) is 0 Å². The van der Waals surface area contributed by atoms with Gasteiger partial charge in [-0.15, -0.1) is 0 Å². The molecule has 0 N–H and O–H groups in total. The Kier molecular flexibility index (Phi) is 7.79. The highest BCUT2D eigenvalue weighted by molar-refractivity contribution is 4.80. The molecular weight excluding hydrogens is 220 g/mol. The molecule has 0 aliphatic heterocycles. The van der Waals surface area contributed by atoms with Crippen molar-refractivity contribution in [2.45, 2.75) is 78.2 Å². The van der Waals surface area contributed by atoms with Crippen LogP contribution in [0.4, 0.5) is 0 Å². The van der Waals surface area contributed by atoms with E-state index in [0.717, 1.165) is 6.42 Å². The van der Waals surface area contributed by atoms with Gasteiger partial charge in [0, 0.05) is 6.42 Å². The second kappa shape index (κ2) is 9.18. The minimum atomic E-state index is 1.13. The Hall–Kier alpha value is -0.790. The number of nitrogens with zero attached hydrogens (tertiary/aromatic N) is 2. The van der Waals surface area contributed by atoms with Gasteiger partial charge < -0.3 is 0 Å². The lowest BCUT2D eigenvalue weighted by Crippen LogP contribution is -2.36. The summed E-state index contributed by atoms with van der Waals surface area (Å²) in [4.78, 5) is 0. The molecule has 1 rings (SSSR count). The molecule has 1 aromatic heterocycles. The second-order valence-electron chi connectivity index (χ2n) is 5.35. The van der Waals surface area contributed by atoms with Crippen LogP contribution < -0.4 is 4.57 Å². The normalized spacial score (nSPS) is 11.1. The van der Waals surface area contributed by atoms with Gasteiger partial charge in [0.25, 0.3) is 5.82 Å². The molecule has 0 saturated heterocycles. The molecule has 0 aliphatic carbocycles. The molecule has 2 heteroatoms. The predicted octanol–water partition coefficient (Wildman–Crippen LogP) is 4.02. The molecule has 0 radical (unpaired) electrons. The summed E-state index contributed by atoms with van der Waals surface area (Å²) >= 11 is 0. The average Bonchev–Trinajstić information content (AvgIpc) is 2.73. The lowest BCUT2D eigenvalue weighted by Gasteiger charge is -2.02. The zero-order valence-corrected chi connectivity index (χ0v) is 12.6. The van der Waals surface area contributed by atoms with E-state index >= 15 is 0 Å². The van der Waals surface area contributed by atoms with E-state index in [0.29, 0.717) is 0 Å². The summed E-state index contributed by atoms with van der Waals surface area (Å²) in [6.45, 7) is 5.71. The summed E-state index contributed by atoms with van der Waals surface area (Å²) in [6.07, 6.45) is 16.7. The maximum absolute atomic E-state index is 2.41. The Morgan fingerprint density at radius 2 is 1.56 bits per heavy atom. The standard InChI is InChI=1S/C16H31N2/c1-4-6-7-8-9-10-11-12-13-18-15-14-17(3)16(18)5-2/h14-15H,4-13H2,1-3H3/q+1. The van der Waals surface area contributed by atoms with E-state index in [1.165, 1.54) is 63.7 Å². The van der Waals surface area contributed by atoms with E-state index < -0.39 is 0 Å². The largest absolute Gasteiger partial charge is 0.255 e. The SMILES string of the molecule is CCCCCCCCCC[n+]1ccn(C)c1CC. The third-order valence-corrected chi connectivity index (χ3v) is 3.78. The Labute approximate surface area is 113 Å². The second-order valence-corrected chi connectivity index (χ2v) is 5.35. The van der Waals surface area contributed by atoms with Crippen molar-refractivity contribution in [1.82, 2.24) is 4.57 Å². The van der Waals surface area contributed by atoms with Crippen LogP contribution in [0.1, 0.15) is 71.0 Å². The predicted molar refractivity (Wildman–Crippen MR) is 77.6 cm³/mol. The highest BCUT2D eigenvalue weighted by Gasteiger charge is 2.10. The molecule has 0 spiro atoms. The molecule has 0 aromatic carbocycles. The van der Waals surface area contributed by atoms with Gasteiger partial charge in [-0.25, -0.2) is 9.13 Å². The van der Waals surface area contributed by atoms with E-state index in [9.17, 15) is 0 Å². The Bertz CT molecular complexity index is 315. The van der Waals surface area contributed by atoms with Gasteiger partial charge in [0.05, 0.1) is 13.6 Å². The third-order valence-electron chi connectivity index (χ3n) is 3.78. The van der Waals surface area contributed by atoms with Crippen LogP contribution in [0.5, 0.6) is 0 Å². The first-order valence-electron chi connectivity index (χ1n) is 7.83. The van der Waals surface area contributed by atoms with E-state index in [1.807, 2.05) is 0 Å². The van der Waals surface area contributed by atoms with Crippen LogP contribution in [0.3, 0.4) is 0 Å². The van der Waals surface area contributed by atoms with Gasteiger partial charge in [-0.05, 0) is 12.8 Å². The van der Waals surface area contributed by atoms with Crippen molar-refractivity contribution in [3.8, 4) is 0 Å². The topological polar surface area (TPSA) is 8.81 Å². The van der Waals surface area contributed by atoms with Crippen LogP contribution in [0.25, 0.3) is 0 Å². The molecule has 2 nitrogen and oxygen atoms in total. The molecule has 18 heavy (non-hydrogen) atoms. The lowest BCUT2D eigenvalue weighted by atomic mass is 10.1. The van der Waals surface area contributed by atoms with Crippen molar-refractivity contribution >= 4 is 0 Å². The summed E-state index contributed by atoms with van der Waals surface area (Å²) in [7, 11) is 2.14. The minimum absolute atomic E-state index is 1.13. The first-order chi connectivity index (χ1) is 8.79. The maximum Gasteiger partial charge on any atom is 0.255 e. The zero-order chi connectivity index (χ0) is 13.2. The molecule has 0 amide bonds. The van der Waals surface area contributed by atoms with Crippen LogP contribution in [0.15, 0.2) is 12.4 Å². The van der Waals surface area contributed by atoms with E-state index in [2.05, 4.69) is 42.4 Å². The van der Waals surface area contributed by atoms with Crippen LogP contribution >= 0.6 is 0 Å². The summed E-state index contributed by atoms with van der Waals surface area (Å²) in [5, 5.41) is 0. The Balaban J connectivity index is 2.07. The number of rotatable bonds is 10. The van der Waals surface area contributed by atoms with Crippen molar-refractivity contribution in [2.24, 2.45) is 7.05 Å². The molecule has 0 bridgehead atoms. The molecule has 0 saturated carbocycles. The number of unbranched alkanes of at least 4 members (excludes halogenated alkanes) is 7. The monoisotopic (exact) mass is 251 g/mol. The van der Waals surface area contributed by atoms with E-state index in [-0.39, 0.29) is 0 Å². The molecule has 104 valence electrons. The third kappa shape index (κ3) is 5.24. The van der Waals surface area contributed by atoms with Crippen molar-refractivity contribution in [2.75, 3.05) is 0 Å². The van der Waals surface area contributed by atoms with Crippen LogP contribution in [0.2, 0.25) is 0 Å². The molecule has 0 unspecified atom stereocenters. The van der Waals surface area contributed by atoms with Crippen LogP contribution in [-0.4, -0.2) is 4.57 Å². The first kappa shape index (κ1) is 15.3. The molecule has 1 aromatic rings. The minimum Gasteiger partial charge on any atom is -0.237 e. The number of aromatic nitrogens is 2. The quantitative estimate of drug-likeness (QED) is 0.439. The van der Waals surface area contributed by atoms with Gasteiger partial charge >= 0.3 is 0 Å². The number of hydrogen-bond donors (Lipinski definition) is 0. The molecule has 0 atom stereocenters. The molecule has 1 heterocycles. The van der Waals surface area contributed by atoms with Crippen molar-refractivity contribution in [3.63, 3.8) is 0 Å². The van der Waals surface area contributed by atoms with Crippen LogP contribution in [0, 0.1) is 0 Å². The number of aryl methyl sites for hydroxylation is 2. The lowest BCUT2D eigenvalue weighted by molar-refractivity contribution is -0.704. The van der Waals surface area contributed by atoms with Gasteiger partial charge in [0.1, 0.15) is 12.4 Å². The number of hydrogen-bond acceptors (Lipinski definition) is 0. The maximum atomic E-state index is 2.41. The van der Waals surface area contributed by atoms with Gasteiger partial charge in [0.2, 0.25) is 0 Å². The summed E-state index contributed by atoms with van der Waals surface area (Å²) in [6, 6.07) is 0. The van der Waals surface area contributed by atoms with Crippen molar-refractivity contribution < 1.29 is 4.57 Å².